The van der Waals surface area contributed by atoms with Crippen molar-refractivity contribution in [3.63, 3.8) is 0 Å². The Morgan fingerprint density at radius 1 is 1.10 bits per heavy atom. The van der Waals surface area contributed by atoms with Gasteiger partial charge in [-0.05, 0) is 19.3 Å². The molecule has 0 aliphatic carbocycles. The van der Waals surface area contributed by atoms with Gasteiger partial charge in [0.25, 0.3) is 0 Å². The molecule has 0 aliphatic heterocycles. The molecular weight excluding hydrogens is 275 g/mol. The van der Waals surface area contributed by atoms with E-state index in [1.54, 1.807) is 0 Å². The Labute approximate surface area is 125 Å². The van der Waals surface area contributed by atoms with Crippen LogP contribution in [0.2, 0.25) is 0 Å². The van der Waals surface area contributed by atoms with Gasteiger partial charge in [0, 0.05) is 26.4 Å². The van der Waals surface area contributed by atoms with E-state index in [4.69, 9.17) is 5.73 Å². The summed E-state index contributed by atoms with van der Waals surface area (Å²) < 4.78 is 0. The Morgan fingerprint density at radius 2 is 1.76 bits per heavy atom. The highest BCUT2D eigenvalue weighted by Gasteiger charge is 2.17. The van der Waals surface area contributed by atoms with Gasteiger partial charge in [-0.25, -0.2) is 0 Å². The fraction of sp³-hybridized carbons (Fsp3) is 0.667. The zero-order valence-corrected chi connectivity index (χ0v) is 12.5. The van der Waals surface area contributed by atoms with Gasteiger partial charge in [-0.3, -0.25) is 19.2 Å². The van der Waals surface area contributed by atoms with Crippen molar-refractivity contribution in [2.75, 3.05) is 13.1 Å². The normalized spacial score (nSPS) is 11.3. The van der Waals surface area contributed by atoms with E-state index in [2.05, 4.69) is 16.0 Å². The topological polar surface area (TPSA) is 130 Å². The number of carbonyl (C=O) groups is 4. The lowest BCUT2D eigenvalue weighted by molar-refractivity contribution is -0.127. The first-order chi connectivity index (χ1) is 9.82. The lowest BCUT2D eigenvalue weighted by Crippen LogP contribution is -2.45. The predicted octanol–water partition coefficient (Wildman–Crippen LogP) is -2.00. The number of hydrogen-bond acceptors (Lipinski definition) is 4. The molecule has 0 radical (unpaired) electrons. The van der Waals surface area contributed by atoms with E-state index in [0.717, 1.165) is 0 Å². The number of nitrogens with two attached hydrogens (primary N) is 1. The average Bonchev–Trinajstić information content (AvgIpc) is 2.35. The van der Waals surface area contributed by atoms with Gasteiger partial charge in [-0.15, -0.1) is 0 Å². The van der Waals surface area contributed by atoms with Gasteiger partial charge in [-0.2, -0.15) is 0 Å². The maximum atomic E-state index is 11.6. The maximum absolute atomic E-state index is 11.6. The Balaban J connectivity index is 3.95. The van der Waals surface area contributed by atoms with Gasteiger partial charge in [-0.1, -0.05) is 0 Å². The minimum atomic E-state index is -0.729. The van der Waals surface area contributed by atoms with Crippen LogP contribution in [0.15, 0.2) is 0 Å². The molecule has 0 aliphatic rings. The zero-order chi connectivity index (χ0) is 16.3. The third-order valence-electron chi connectivity index (χ3n) is 2.70. The zero-order valence-electron chi connectivity index (χ0n) is 12.5. The monoisotopic (exact) mass is 298 g/mol. The van der Waals surface area contributed by atoms with Crippen molar-refractivity contribution in [3.8, 4) is 0 Å². The Hall–Kier alpha value is -2.06. The minimum Gasteiger partial charge on any atom is -0.368 e. The highest BCUT2D eigenvalue weighted by Crippen LogP contribution is 2.01. The van der Waals surface area contributed by atoms with Crippen LogP contribution >= 0.6 is 0 Å². The van der Waals surface area contributed by atoms with E-state index in [1.807, 2.05) is 0 Å². The Kier molecular flexibility index (Phi) is 9.65. The van der Waals surface area contributed by atoms with Crippen molar-refractivity contribution in [2.45, 2.75) is 38.6 Å². The first-order valence-electron chi connectivity index (χ1n) is 6.90. The quantitative estimate of drug-likeness (QED) is 0.274. The van der Waals surface area contributed by atoms with Crippen LogP contribution in [0.1, 0.15) is 32.6 Å². The molecule has 0 aromatic carbocycles. The van der Waals surface area contributed by atoms with Crippen LogP contribution in [0.4, 0.5) is 4.79 Å². The molecule has 0 saturated carbocycles. The van der Waals surface area contributed by atoms with Crippen LogP contribution in [0.5, 0.6) is 0 Å². The molecule has 0 aromatic heterocycles. The van der Waals surface area contributed by atoms with E-state index < -0.39 is 11.9 Å². The molecule has 118 valence electrons. The Morgan fingerprint density at radius 3 is 2.29 bits per heavy atom. The molecule has 0 heterocycles. The molecule has 0 bridgehead atoms. The summed E-state index contributed by atoms with van der Waals surface area (Å²) in [4.78, 5) is 44.2. The molecule has 0 rings (SSSR count). The van der Waals surface area contributed by atoms with E-state index in [9.17, 15) is 19.2 Å². The number of primary amides is 1. The van der Waals surface area contributed by atoms with Crippen LogP contribution in [0.3, 0.4) is 0 Å². The standard InChI is InChI=1S/C12H23BN4O4/c1-8(18)15-6-3-2-4-9(11(14)20)17-10(19)5-7-16-12(13)21/h9H,2-7,13H2,1H3,(H2,14,20)(H,15,18)(H,16,21)(H,17,19). The summed E-state index contributed by atoms with van der Waals surface area (Å²) in [7, 11) is 1.36. The number of hydrogen-bond donors (Lipinski definition) is 4. The van der Waals surface area contributed by atoms with E-state index in [0.29, 0.717) is 25.8 Å². The summed E-state index contributed by atoms with van der Waals surface area (Å²) in [6.07, 6.45) is 1.86. The molecule has 4 amide bonds. The van der Waals surface area contributed by atoms with Crippen molar-refractivity contribution in [1.82, 2.24) is 16.0 Å². The van der Waals surface area contributed by atoms with E-state index in [-0.39, 0.29) is 30.6 Å². The summed E-state index contributed by atoms with van der Waals surface area (Å²) >= 11 is 0. The SMILES string of the molecule is BC(=O)NCCC(=O)NC(CCCCNC(C)=O)C(N)=O. The molecule has 1 atom stereocenters. The van der Waals surface area contributed by atoms with Crippen molar-refractivity contribution in [2.24, 2.45) is 5.73 Å². The molecule has 9 heteroatoms. The number of carbonyl (C=O) groups excluding carboxylic acids is 4. The second-order valence-corrected chi connectivity index (χ2v) is 4.73. The number of nitrogens with one attached hydrogen (secondary N) is 3. The van der Waals surface area contributed by atoms with E-state index >= 15 is 0 Å². The van der Waals surface area contributed by atoms with Crippen LogP contribution in [-0.4, -0.2) is 50.5 Å². The van der Waals surface area contributed by atoms with Crippen molar-refractivity contribution >= 4 is 31.4 Å². The molecule has 8 nitrogen and oxygen atoms in total. The van der Waals surface area contributed by atoms with Gasteiger partial charge in [0.05, 0.1) is 0 Å². The lowest BCUT2D eigenvalue weighted by Gasteiger charge is -2.15. The highest BCUT2D eigenvalue weighted by molar-refractivity contribution is 6.57. The van der Waals surface area contributed by atoms with Crippen LogP contribution in [0, 0.1) is 0 Å². The molecule has 0 fully saturated rings. The third-order valence-corrected chi connectivity index (χ3v) is 2.70. The number of amides is 4. The minimum absolute atomic E-state index is 0.0925. The molecule has 0 saturated heterocycles. The second-order valence-electron chi connectivity index (χ2n) is 4.73. The molecule has 21 heavy (non-hydrogen) atoms. The highest BCUT2D eigenvalue weighted by atomic mass is 16.2. The van der Waals surface area contributed by atoms with Gasteiger partial charge < -0.3 is 21.7 Å². The summed E-state index contributed by atoms with van der Waals surface area (Å²) in [5, 5.41) is 7.68. The van der Waals surface area contributed by atoms with Crippen molar-refractivity contribution in [1.29, 1.82) is 0 Å². The fourth-order valence-electron chi connectivity index (χ4n) is 1.64. The molecule has 0 aromatic rings. The van der Waals surface area contributed by atoms with Gasteiger partial charge in [0.1, 0.15) is 6.04 Å². The smallest absolute Gasteiger partial charge is 0.239 e. The number of rotatable bonds is 10. The fourth-order valence-corrected chi connectivity index (χ4v) is 1.64. The van der Waals surface area contributed by atoms with Crippen LogP contribution in [0.25, 0.3) is 0 Å². The molecular formula is C12H23BN4O4. The molecule has 5 N–H and O–H groups in total. The van der Waals surface area contributed by atoms with E-state index in [1.165, 1.54) is 14.8 Å². The molecule has 1 unspecified atom stereocenters. The first kappa shape index (κ1) is 18.9. The second kappa shape index (κ2) is 10.7. The summed E-state index contributed by atoms with van der Waals surface area (Å²) in [6, 6.07) is -0.729. The third kappa shape index (κ3) is 11.5. The van der Waals surface area contributed by atoms with Gasteiger partial charge >= 0.3 is 0 Å². The van der Waals surface area contributed by atoms with Crippen LogP contribution < -0.4 is 21.7 Å². The first-order valence-corrected chi connectivity index (χ1v) is 6.90. The summed E-state index contributed by atoms with van der Waals surface area (Å²) in [6.45, 7) is 2.17. The Bertz CT molecular complexity index is 389. The lowest BCUT2D eigenvalue weighted by atomic mass is 10.1. The van der Waals surface area contributed by atoms with Gasteiger partial charge in [0.2, 0.25) is 25.6 Å². The van der Waals surface area contributed by atoms with Gasteiger partial charge in [0.15, 0.2) is 5.81 Å². The van der Waals surface area contributed by atoms with Crippen molar-refractivity contribution < 1.29 is 19.2 Å². The maximum Gasteiger partial charge on any atom is 0.239 e. The predicted molar refractivity (Wildman–Crippen MR) is 80.2 cm³/mol. The van der Waals surface area contributed by atoms with Crippen molar-refractivity contribution in [3.05, 3.63) is 0 Å². The summed E-state index contributed by atoms with van der Waals surface area (Å²) in [5.41, 5.74) is 5.23. The number of unbranched alkanes of at least 4 members (excludes halogenated alkanes) is 1. The average molecular weight is 298 g/mol. The van der Waals surface area contributed by atoms with Crippen LogP contribution in [-0.2, 0) is 14.4 Å². The summed E-state index contributed by atoms with van der Waals surface area (Å²) in [5.74, 6) is -1.25. The largest absolute Gasteiger partial charge is 0.368 e. The molecule has 0 spiro atoms.